The van der Waals surface area contributed by atoms with E-state index in [-0.39, 0.29) is 39.8 Å². The minimum atomic E-state index is -4.51. The molecule has 0 fully saturated rings. The van der Waals surface area contributed by atoms with Crippen molar-refractivity contribution in [1.82, 2.24) is 4.98 Å². The number of rotatable bonds is 3. The molecule has 7 heteroatoms. The molecule has 0 bridgehead atoms. The van der Waals surface area contributed by atoms with E-state index in [1.807, 2.05) is 6.92 Å². The van der Waals surface area contributed by atoms with E-state index in [1.54, 1.807) is 6.07 Å². The van der Waals surface area contributed by atoms with Crippen molar-refractivity contribution in [3.63, 3.8) is 0 Å². The van der Waals surface area contributed by atoms with Crippen molar-refractivity contribution in [3.05, 3.63) is 30.5 Å². The third-order valence-electron chi connectivity index (χ3n) is 2.26. The number of ether oxygens (including phenoxy) is 1. The van der Waals surface area contributed by atoms with Crippen LogP contribution in [0.2, 0.25) is 0 Å². The van der Waals surface area contributed by atoms with Gasteiger partial charge in [-0.2, -0.15) is 0 Å². The maximum Gasteiger partial charge on any atom is 1.00 e. The molecule has 0 N–H and O–H groups in total. The fourth-order valence-corrected chi connectivity index (χ4v) is 2.28. The minimum absolute atomic E-state index is 0. The molecule has 0 radical (unpaired) electrons. The standard InChI is InChI=1S/C11H11NO4S.Na/c1-2-16-9-5-6-10(17(13,14)15)8-4-3-7-12-11(8)9;/h3-7H,2H2,1H3,(H,13,14,15);/q;+1/p-1. The Morgan fingerprint density at radius 3 is 2.67 bits per heavy atom. The maximum absolute atomic E-state index is 11.1. The molecule has 0 saturated carbocycles. The number of fused-ring (bicyclic) bond motifs is 1. The van der Waals surface area contributed by atoms with Gasteiger partial charge >= 0.3 is 29.6 Å². The Bertz CT molecular complexity index is 657. The van der Waals surface area contributed by atoms with Gasteiger partial charge in [-0.1, -0.05) is 0 Å². The molecule has 5 nitrogen and oxygen atoms in total. The first-order valence-corrected chi connectivity index (χ1v) is 6.41. The zero-order valence-corrected chi connectivity index (χ0v) is 12.9. The molecule has 0 atom stereocenters. The summed E-state index contributed by atoms with van der Waals surface area (Å²) in [6.45, 7) is 2.25. The normalized spacial score (nSPS) is 11.0. The van der Waals surface area contributed by atoms with Crippen LogP contribution in [-0.4, -0.2) is 24.6 Å². The third-order valence-corrected chi connectivity index (χ3v) is 3.16. The number of nitrogens with zero attached hydrogens (tertiary/aromatic N) is 1. The second-order valence-electron chi connectivity index (χ2n) is 3.35. The number of pyridine rings is 1. The topological polar surface area (TPSA) is 79.3 Å². The molecule has 0 aliphatic rings. The summed E-state index contributed by atoms with van der Waals surface area (Å²) in [6.07, 6.45) is 1.52. The zero-order valence-electron chi connectivity index (χ0n) is 10.1. The Hall–Kier alpha value is -0.660. The third kappa shape index (κ3) is 3.02. The Kier molecular flexibility index (Phi) is 5.12. The van der Waals surface area contributed by atoms with Gasteiger partial charge in [0, 0.05) is 11.6 Å². The summed E-state index contributed by atoms with van der Waals surface area (Å²) >= 11 is 0. The predicted molar refractivity (Wildman–Crippen MR) is 60.9 cm³/mol. The van der Waals surface area contributed by atoms with Crippen LogP contribution in [0, 0.1) is 0 Å². The van der Waals surface area contributed by atoms with Crippen molar-refractivity contribution in [1.29, 1.82) is 0 Å². The molecule has 0 aliphatic heterocycles. The van der Waals surface area contributed by atoms with Gasteiger partial charge in [0.2, 0.25) is 0 Å². The van der Waals surface area contributed by atoms with Crippen LogP contribution in [0.3, 0.4) is 0 Å². The Morgan fingerprint density at radius 1 is 1.33 bits per heavy atom. The van der Waals surface area contributed by atoms with Gasteiger partial charge in [-0.3, -0.25) is 4.98 Å². The van der Waals surface area contributed by atoms with Crippen molar-refractivity contribution < 1.29 is 47.3 Å². The second kappa shape index (κ2) is 5.99. The van der Waals surface area contributed by atoms with Gasteiger partial charge in [0.1, 0.15) is 21.4 Å². The fraction of sp³-hybridized carbons (Fsp3) is 0.182. The van der Waals surface area contributed by atoms with Crippen molar-refractivity contribution in [2.24, 2.45) is 0 Å². The molecule has 1 heterocycles. The summed E-state index contributed by atoms with van der Waals surface area (Å²) in [5.41, 5.74) is 0.381. The fourth-order valence-electron chi connectivity index (χ4n) is 1.61. The molecule has 1 aromatic heterocycles. The van der Waals surface area contributed by atoms with E-state index in [9.17, 15) is 13.0 Å². The first-order valence-electron chi connectivity index (χ1n) is 5.00. The van der Waals surface area contributed by atoms with Gasteiger partial charge in [-0.15, -0.1) is 0 Å². The van der Waals surface area contributed by atoms with Crippen molar-refractivity contribution in [2.45, 2.75) is 11.8 Å². The van der Waals surface area contributed by atoms with Gasteiger partial charge in [0.15, 0.2) is 0 Å². The van der Waals surface area contributed by atoms with Gasteiger partial charge in [-0.05, 0) is 31.2 Å². The smallest absolute Gasteiger partial charge is 0.744 e. The average molecular weight is 275 g/mol. The van der Waals surface area contributed by atoms with E-state index in [1.165, 1.54) is 24.4 Å². The minimum Gasteiger partial charge on any atom is -0.744 e. The van der Waals surface area contributed by atoms with Gasteiger partial charge in [-0.25, -0.2) is 8.42 Å². The monoisotopic (exact) mass is 275 g/mol. The van der Waals surface area contributed by atoms with E-state index >= 15 is 0 Å². The number of hydrogen-bond donors (Lipinski definition) is 0. The van der Waals surface area contributed by atoms with E-state index < -0.39 is 10.1 Å². The molecular weight excluding hydrogens is 265 g/mol. The van der Waals surface area contributed by atoms with Crippen molar-refractivity contribution in [3.8, 4) is 5.75 Å². The van der Waals surface area contributed by atoms with Crippen LogP contribution in [0.15, 0.2) is 35.4 Å². The van der Waals surface area contributed by atoms with Crippen molar-refractivity contribution in [2.75, 3.05) is 6.61 Å². The molecule has 0 saturated heterocycles. The summed E-state index contributed by atoms with van der Waals surface area (Å²) in [5, 5.41) is 0.286. The first-order chi connectivity index (χ1) is 8.04. The molecule has 90 valence electrons. The van der Waals surface area contributed by atoms with Gasteiger partial charge < -0.3 is 9.29 Å². The summed E-state index contributed by atoms with van der Waals surface area (Å²) in [4.78, 5) is 3.77. The molecule has 0 spiro atoms. The summed E-state index contributed by atoms with van der Waals surface area (Å²) in [7, 11) is -4.51. The largest absolute Gasteiger partial charge is 1.00 e. The molecule has 18 heavy (non-hydrogen) atoms. The quantitative estimate of drug-likeness (QED) is 0.505. The van der Waals surface area contributed by atoms with Crippen molar-refractivity contribution >= 4 is 21.0 Å². The summed E-state index contributed by atoms with van der Waals surface area (Å²) in [5.74, 6) is 0.468. The second-order valence-corrected chi connectivity index (χ2v) is 4.70. The molecular formula is C11H10NNaO4S. The SMILES string of the molecule is CCOc1ccc(S(=O)(=O)[O-])c2cccnc12.[Na+]. The maximum atomic E-state index is 11.1. The van der Waals surface area contributed by atoms with Crippen LogP contribution >= 0.6 is 0 Å². The van der Waals surface area contributed by atoms with E-state index in [4.69, 9.17) is 4.74 Å². The van der Waals surface area contributed by atoms with Gasteiger partial charge in [0.05, 0.1) is 11.5 Å². The van der Waals surface area contributed by atoms with Crippen LogP contribution in [0.1, 0.15) is 6.92 Å². The molecule has 0 aliphatic carbocycles. The number of hydrogen-bond acceptors (Lipinski definition) is 5. The van der Waals surface area contributed by atoms with Crippen LogP contribution in [-0.2, 0) is 10.1 Å². The summed E-state index contributed by atoms with van der Waals surface area (Å²) in [6, 6.07) is 5.81. The Morgan fingerprint density at radius 2 is 2.06 bits per heavy atom. The van der Waals surface area contributed by atoms with Crippen LogP contribution < -0.4 is 34.3 Å². The zero-order chi connectivity index (χ0) is 12.5. The average Bonchev–Trinajstić information content (AvgIpc) is 2.28. The molecule has 2 rings (SSSR count). The molecule has 2 aromatic rings. The molecule has 0 amide bonds. The van der Waals surface area contributed by atoms with Crippen LogP contribution in [0.5, 0.6) is 5.75 Å². The first kappa shape index (κ1) is 15.4. The predicted octanol–water partition coefficient (Wildman–Crippen LogP) is -1.46. The number of aromatic nitrogens is 1. The summed E-state index contributed by atoms with van der Waals surface area (Å²) < 4.78 is 38.6. The van der Waals surface area contributed by atoms with Crippen LogP contribution in [0.25, 0.3) is 10.9 Å². The van der Waals surface area contributed by atoms with Gasteiger partial charge in [0.25, 0.3) is 0 Å². The number of benzene rings is 1. The van der Waals surface area contributed by atoms with E-state index in [0.717, 1.165) is 0 Å². The van der Waals surface area contributed by atoms with E-state index in [2.05, 4.69) is 4.98 Å². The Balaban J connectivity index is 0.00000162. The molecule has 0 unspecified atom stereocenters. The molecule has 1 aromatic carbocycles. The Labute approximate surface area is 127 Å². The van der Waals surface area contributed by atoms with Crippen LogP contribution in [0.4, 0.5) is 0 Å². The van der Waals surface area contributed by atoms with E-state index in [0.29, 0.717) is 17.9 Å².